The highest BCUT2D eigenvalue weighted by atomic mass is 16.5. The Morgan fingerprint density at radius 3 is 2.38 bits per heavy atom. The molecule has 3 nitrogen and oxygen atoms in total. The summed E-state index contributed by atoms with van der Waals surface area (Å²) in [5.41, 5.74) is 6.21. The summed E-state index contributed by atoms with van der Waals surface area (Å²) >= 11 is 0. The Morgan fingerprint density at radius 2 is 1.88 bits per heavy atom. The van der Waals surface area contributed by atoms with Gasteiger partial charge in [-0.1, -0.05) is 20.8 Å². The molecule has 1 unspecified atom stereocenters. The lowest BCUT2D eigenvalue weighted by molar-refractivity contribution is 0.0188. The van der Waals surface area contributed by atoms with E-state index in [2.05, 4.69) is 26.1 Å². The molecule has 1 fully saturated rings. The van der Waals surface area contributed by atoms with Gasteiger partial charge < -0.3 is 15.8 Å². The molecule has 3 N–H and O–H groups in total. The van der Waals surface area contributed by atoms with Crippen molar-refractivity contribution in [3.8, 4) is 0 Å². The fraction of sp³-hybridized carbons (Fsp3) is 1.00. The van der Waals surface area contributed by atoms with E-state index in [9.17, 15) is 0 Å². The zero-order valence-corrected chi connectivity index (χ0v) is 11.1. The average molecular weight is 228 g/mol. The molecule has 16 heavy (non-hydrogen) atoms. The lowest BCUT2D eigenvalue weighted by Gasteiger charge is -2.36. The van der Waals surface area contributed by atoms with Gasteiger partial charge in [-0.2, -0.15) is 0 Å². The van der Waals surface area contributed by atoms with Crippen molar-refractivity contribution in [3.05, 3.63) is 0 Å². The second-order valence-electron chi connectivity index (χ2n) is 5.67. The van der Waals surface area contributed by atoms with Crippen molar-refractivity contribution in [1.82, 2.24) is 5.32 Å². The highest BCUT2D eigenvalue weighted by Crippen LogP contribution is 2.28. The SMILES string of the molecule is CC(C)C(C)CNCC1(CN)CCOCC1. The number of nitrogens with one attached hydrogen (secondary N) is 1. The first kappa shape index (κ1) is 13.9. The molecule has 1 saturated heterocycles. The number of hydrogen-bond acceptors (Lipinski definition) is 3. The quantitative estimate of drug-likeness (QED) is 0.726. The fourth-order valence-electron chi connectivity index (χ4n) is 2.06. The van der Waals surface area contributed by atoms with Crippen molar-refractivity contribution in [1.29, 1.82) is 0 Å². The maximum absolute atomic E-state index is 5.92. The predicted octanol–water partition coefficient (Wildman–Crippen LogP) is 1.62. The molecule has 1 aliphatic heterocycles. The van der Waals surface area contributed by atoms with Crippen LogP contribution in [0.25, 0.3) is 0 Å². The Hall–Kier alpha value is -0.120. The molecule has 1 rings (SSSR count). The van der Waals surface area contributed by atoms with Crippen molar-refractivity contribution < 1.29 is 4.74 Å². The topological polar surface area (TPSA) is 47.3 Å². The normalized spacial score (nSPS) is 22.3. The minimum absolute atomic E-state index is 0.287. The van der Waals surface area contributed by atoms with Gasteiger partial charge in [0.2, 0.25) is 0 Å². The lowest BCUT2D eigenvalue weighted by atomic mass is 9.80. The molecule has 0 bridgehead atoms. The van der Waals surface area contributed by atoms with Crippen molar-refractivity contribution in [2.75, 3.05) is 32.8 Å². The van der Waals surface area contributed by atoms with Crippen LogP contribution in [-0.4, -0.2) is 32.8 Å². The zero-order chi connectivity index (χ0) is 12.0. The maximum Gasteiger partial charge on any atom is 0.0472 e. The first-order valence-electron chi connectivity index (χ1n) is 6.58. The van der Waals surface area contributed by atoms with E-state index in [0.717, 1.165) is 57.5 Å². The summed E-state index contributed by atoms with van der Waals surface area (Å²) in [5, 5.41) is 3.59. The summed E-state index contributed by atoms with van der Waals surface area (Å²) in [4.78, 5) is 0. The fourth-order valence-corrected chi connectivity index (χ4v) is 2.06. The molecule has 0 aromatic carbocycles. The van der Waals surface area contributed by atoms with Gasteiger partial charge in [-0.15, -0.1) is 0 Å². The molecule has 0 spiro atoms. The van der Waals surface area contributed by atoms with Crippen LogP contribution in [0, 0.1) is 17.3 Å². The van der Waals surface area contributed by atoms with Gasteiger partial charge in [0.25, 0.3) is 0 Å². The second kappa shape index (κ2) is 6.58. The van der Waals surface area contributed by atoms with Crippen molar-refractivity contribution in [3.63, 3.8) is 0 Å². The largest absolute Gasteiger partial charge is 0.381 e. The molecule has 96 valence electrons. The van der Waals surface area contributed by atoms with Gasteiger partial charge in [-0.25, -0.2) is 0 Å². The number of hydrogen-bond donors (Lipinski definition) is 2. The number of ether oxygens (including phenoxy) is 1. The van der Waals surface area contributed by atoms with E-state index >= 15 is 0 Å². The Morgan fingerprint density at radius 1 is 1.25 bits per heavy atom. The molecule has 0 amide bonds. The van der Waals surface area contributed by atoms with E-state index < -0.39 is 0 Å². The first-order valence-corrected chi connectivity index (χ1v) is 6.58. The molecule has 1 aliphatic rings. The Balaban J connectivity index is 2.28. The Kier molecular flexibility index (Phi) is 5.73. The van der Waals surface area contributed by atoms with Gasteiger partial charge >= 0.3 is 0 Å². The van der Waals surface area contributed by atoms with Crippen LogP contribution in [-0.2, 0) is 4.74 Å². The van der Waals surface area contributed by atoms with Crippen LogP contribution in [0.3, 0.4) is 0 Å². The van der Waals surface area contributed by atoms with Gasteiger partial charge in [-0.05, 0) is 43.2 Å². The summed E-state index contributed by atoms with van der Waals surface area (Å²) < 4.78 is 5.41. The minimum atomic E-state index is 0.287. The highest BCUT2D eigenvalue weighted by Gasteiger charge is 2.30. The molecule has 0 aliphatic carbocycles. The molecule has 0 aromatic rings. The van der Waals surface area contributed by atoms with Gasteiger partial charge in [-0.3, -0.25) is 0 Å². The van der Waals surface area contributed by atoms with E-state index in [1.165, 1.54) is 0 Å². The van der Waals surface area contributed by atoms with Crippen LogP contribution in [0.2, 0.25) is 0 Å². The van der Waals surface area contributed by atoms with Crippen LogP contribution in [0.4, 0.5) is 0 Å². The average Bonchev–Trinajstić information content (AvgIpc) is 2.30. The van der Waals surface area contributed by atoms with Crippen molar-refractivity contribution >= 4 is 0 Å². The van der Waals surface area contributed by atoms with E-state index in [1.807, 2.05) is 0 Å². The predicted molar refractivity (Wildman–Crippen MR) is 68.4 cm³/mol. The maximum atomic E-state index is 5.92. The summed E-state index contributed by atoms with van der Waals surface area (Å²) in [7, 11) is 0. The molecular formula is C13H28N2O. The molecule has 0 aromatic heterocycles. The monoisotopic (exact) mass is 228 g/mol. The number of rotatable bonds is 6. The van der Waals surface area contributed by atoms with Gasteiger partial charge in [0.15, 0.2) is 0 Å². The second-order valence-corrected chi connectivity index (χ2v) is 5.67. The van der Waals surface area contributed by atoms with Crippen LogP contribution < -0.4 is 11.1 Å². The van der Waals surface area contributed by atoms with Gasteiger partial charge in [0.05, 0.1) is 0 Å². The van der Waals surface area contributed by atoms with Gasteiger partial charge in [0, 0.05) is 19.8 Å². The summed E-state index contributed by atoms with van der Waals surface area (Å²) in [6.45, 7) is 11.5. The molecule has 3 heteroatoms. The smallest absolute Gasteiger partial charge is 0.0472 e. The third kappa shape index (κ3) is 4.04. The van der Waals surface area contributed by atoms with Crippen LogP contribution in [0.1, 0.15) is 33.6 Å². The molecule has 0 saturated carbocycles. The Labute approximate surface area is 100 Å². The van der Waals surface area contributed by atoms with E-state index in [0.29, 0.717) is 0 Å². The molecule has 1 atom stereocenters. The summed E-state index contributed by atoms with van der Waals surface area (Å²) in [5.74, 6) is 1.48. The van der Waals surface area contributed by atoms with Crippen LogP contribution in [0.15, 0.2) is 0 Å². The van der Waals surface area contributed by atoms with E-state index in [4.69, 9.17) is 10.5 Å². The summed E-state index contributed by atoms with van der Waals surface area (Å²) in [6.07, 6.45) is 2.21. The van der Waals surface area contributed by atoms with Crippen LogP contribution >= 0.6 is 0 Å². The lowest BCUT2D eigenvalue weighted by Crippen LogP contribution is -2.45. The standard InChI is InChI=1S/C13H28N2O/c1-11(2)12(3)8-15-10-13(9-14)4-6-16-7-5-13/h11-12,15H,4-10,14H2,1-3H3. The molecule has 0 radical (unpaired) electrons. The highest BCUT2D eigenvalue weighted by molar-refractivity contribution is 4.85. The van der Waals surface area contributed by atoms with E-state index in [-0.39, 0.29) is 5.41 Å². The third-order valence-corrected chi connectivity index (χ3v) is 4.09. The molecular weight excluding hydrogens is 200 g/mol. The van der Waals surface area contributed by atoms with E-state index in [1.54, 1.807) is 0 Å². The zero-order valence-electron chi connectivity index (χ0n) is 11.1. The minimum Gasteiger partial charge on any atom is -0.381 e. The third-order valence-electron chi connectivity index (χ3n) is 4.09. The molecule has 1 heterocycles. The first-order chi connectivity index (χ1) is 7.59. The van der Waals surface area contributed by atoms with Crippen molar-refractivity contribution in [2.24, 2.45) is 23.0 Å². The summed E-state index contributed by atoms with van der Waals surface area (Å²) in [6, 6.07) is 0. The number of nitrogens with two attached hydrogens (primary N) is 1. The Bertz CT molecular complexity index is 188. The van der Waals surface area contributed by atoms with Crippen molar-refractivity contribution in [2.45, 2.75) is 33.6 Å². The van der Waals surface area contributed by atoms with Crippen LogP contribution in [0.5, 0.6) is 0 Å². The van der Waals surface area contributed by atoms with Gasteiger partial charge in [0.1, 0.15) is 0 Å².